The predicted molar refractivity (Wildman–Crippen MR) is 14.5 cm³/mol. The Hall–Kier alpha value is 0.762. The summed E-state index contributed by atoms with van der Waals surface area (Å²) in [5.41, 5.74) is 0. The fourth-order valence-corrected chi connectivity index (χ4v) is 0. The van der Waals surface area contributed by atoms with Gasteiger partial charge in [0.25, 0.3) is 0 Å². The molecule has 0 aliphatic heterocycles. The normalized spacial score (nSPS) is 8.00. The zero-order valence-corrected chi connectivity index (χ0v) is 9.40. The van der Waals surface area contributed by atoms with Gasteiger partial charge in [-0.2, -0.15) is 0 Å². The molecule has 8 N–H and O–H groups in total. The van der Waals surface area contributed by atoms with Crippen molar-refractivity contribution in [3.8, 4) is 0 Å². The maximum absolute atomic E-state index is 8.49. The van der Waals surface area contributed by atoms with Crippen LogP contribution in [0.15, 0.2) is 0 Å². The Balaban J connectivity index is -0.0000000128. The van der Waals surface area contributed by atoms with Crippen molar-refractivity contribution in [1.82, 2.24) is 0 Å². The van der Waals surface area contributed by atoms with Gasteiger partial charge in [0.2, 0.25) is 0 Å². The van der Waals surface area contributed by atoms with Crippen molar-refractivity contribution in [2.75, 3.05) is 0 Å². The zero-order chi connectivity index (χ0) is 9.00. The Labute approximate surface area is 100 Å². The molecule has 0 unspecified atom stereocenters. The van der Waals surface area contributed by atoms with Gasteiger partial charge < -0.3 is 21.9 Å². The summed E-state index contributed by atoms with van der Waals surface area (Å²) < 4.78 is 67.9. The van der Waals surface area contributed by atoms with Crippen molar-refractivity contribution in [2.45, 2.75) is 0 Å². The third-order valence-corrected chi connectivity index (χ3v) is 0. The van der Waals surface area contributed by atoms with Crippen LogP contribution in [0.25, 0.3) is 0 Å². The van der Waals surface area contributed by atoms with E-state index in [4.69, 9.17) is 37.3 Å². The van der Waals surface area contributed by atoms with Crippen LogP contribution in [0, 0.1) is 20.5 Å². The van der Waals surface area contributed by atoms with Crippen LogP contribution in [0.1, 0.15) is 0 Å². The predicted octanol–water partition coefficient (Wildman–Crippen LogP) is -12.8. The van der Waals surface area contributed by atoms with Gasteiger partial charge >= 0.3 is 20.4 Å². The van der Waals surface area contributed by atoms with E-state index in [0.717, 1.165) is 0 Å². The van der Waals surface area contributed by atoms with Crippen molar-refractivity contribution in [2.24, 2.45) is 0 Å². The molecule has 0 atom stereocenters. The van der Waals surface area contributed by atoms with Crippen molar-refractivity contribution in [3.05, 3.63) is 0 Å². The fraction of sp³-hybridized carbons (Fsp3) is 0. The molecule has 0 saturated carbocycles. The minimum atomic E-state index is -4.94. The second-order valence-corrected chi connectivity index (χ2v) is 2.27. The molecule has 0 aromatic carbocycles. The van der Waals surface area contributed by atoms with Crippen LogP contribution in [-0.4, -0.2) is 21.9 Å². The summed E-state index contributed by atoms with van der Waals surface area (Å²) in [5.74, 6) is 0. The molecular formula is H8Cl2O12Pd. The Morgan fingerprint density at radius 3 is 0.400 bits per heavy atom. The van der Waals surface area contributed by atoms with Gasteiger partial charge in [-0.05, 0) is 0 Å². The van der Waals surface area contributed by atoms with E-state index in [0.29, 0.717) is 0 Å². The standard InChI is InChI=1S/2ClHO4.4H2O.Pd/c2*2-1(3,4)5;;;;;/h2*(H,2,3,4,5);4*1H2;/q;;;;;;+2/p-2. The van der Waals surface area contributed by atoms with Gasteiger partial charge in [-0.15, -0.1) is 20.5 Å². The number of halogens is 2. The summed E-state index contributed by atoms with van der Waals surface area (Å²) in [6, 6.07) is 0. The Morgan fingerprint density at radius 1 is 0.400 bits per heavy atom. The van der Waals surface area contributed by atoms with E-state index in [1.807, 2.05) is 0 Å². The van der Waals surface area contributed by atoms with Crippen LogP contribution in [0.2, 0.25) is 0 Å². The van der Waals surface area contributed by atoms with Crippen LogP contribution in [-0.2, 0) is 20.4 Å². The maximum atomic E-state index is 8.49. The largest absolute Gasteiger partial charge is 2.00 e. The van der Waals surface area contributed by atoms with E-state index in [1.54, 1.807) is 0 Å². The van der Waals surface area contributed by atoms with Gasteiger partial charge in [0.1, 0.15) is 0 Å². The van der Waals surface area contributed by atoms with E-state index in [9.17, 15) is 0 Å². The maximum Gasteiger partial charge on any atom is 2.00 e. The molecule has 15 heavy (non-hydrogen) atoms. The van der Waals surface area contributed by atoms with Crippen LogP contribution in [0.4, 0.5) is 0 Å². The molecule has 0 aromatic rings. The van der Waals surface area contributed by atoms with Crippen molar-refractivity contribution in [3.63, 3.8) is 0 Å². The van der Waals surface area contributed by atoms with Crippen molar-refractivity contribution >= 4 is 0 Å². The first-order valence-electron chi connectivity index (χ1n) is 1.23. The molecule has 12 nitrogen and oxygen atoms in total. The minimum absolute atomic E-state index is 0. The topological polar surface area (TPSA) is 310 Å². The van der Waals surface area contributed by atoms with Crippen LogP contribution >= 0.6 is 0 Å². The Kier molecular flexibility index (Phi) is 51.2. The molecule has 0 heterocycles. The second-order valence-electron chi connectivity index (χ2n) is 0.756. The van der Waals surface area contributed by atoms with Crippen LogP contribution in [0.3, 0.4) is 0 Å². The first kappa shape index (κ1) is 44.7. The molecule has 0 radical (unpaired) electrons. The molecule has 0 bridgehead atoms. The monoisotopic (exact) mass is 376 g/mol. The number of rotatable bonds is 0. The van der Waals surface area contributed by atoms with Gasteiger partial charge in [0.15, 0.2) is 0 Å². The quantitative estimate of drug-likeness (QED) is 0.363. The SMILES string of the molecule is O.O.O.O.[O-][Cl+3]([O-])([O-])[O-].[O-][Cl+3]([O-])([O-])[O-].[Pd+2]. The summed E-state index contributed by atoms with van der Waals surface area (Å²) in [5, 5.41) is 0. The molecule has 0 rings (SSSR count). The van der Waals surface area contributed by atoms with E-state index < -0.39 is 20.5 Å². The number of hydrogen-bond donors (Lipinski definition) is 0. The summed E-state index contributed by atoms with van der Waals surface area (Å²) in [6.45, 7) is 0. The molecule has 0 amide bonds. The summed E-state index contributed by atoms with van der Waals surface area (Å²) in [4.78, 5) is 0. The summed E-state index contributed by atoms with van der Waals surface area (Å²) in [7, 11) is -9.89. The number of hydrogen-bond acceptors (Lipinski definition) is 8. The van der Waals surface area contributed by atoms with Gasteiger partial charge in [-0.25, -0.2) is 37.3 Å². The average Bonchev–Trinajstić information content (AvgIpc) is 1.12. The Bertz CT molecular complexity index is 56.6. The van der Waals surface area contributed by atoms with E-state index in [1.165, 1.54) is 0 Å². The van der Waals surface area contributed by atoms with Crippen LogP contribution in [0.5, 0.6) is 0 Å². The van der Waals surface area contributed by atoms with Gasteiger partial charge in [-0.3, -0.25) is 0 Å². The molecule has 0 aromatic heterocycles. The van der Waals surface area contributed by atoms with Gasteiger partial charge in [0.05, 0.1) is 0 Å². The molecule has 0 fully saturated rings. The molecular weight excluding hydrogens is 369 g/mol. The second kappa shape index (κ2) is 17.2. The van der Waals surface area contributed by atoms with E-state index in [-0.39, 0.29) is 42.3 Å². The summed E-state index contributed by atoms with van der Waals surface area (Å²) in [6.07, 6.45) is 0. The first-order valence-corrected chi connectivity index (χ1v) is 3.70. The fourth-order valence-electron chi connectivity index (χ4n) is 0. The van der Waals surface area contributed by atoms with Gasteiger partial charge in [-0.1, -0.05) is 0 Å². The van der Waals surface area contributed by atoms with Crippen molar-refractivity contribution < 1.29 is 100 Å². The van der Waals surface area contributed by atoms with E-state index >= 15 is 0 Å². The zero-order valence-electron chi connectivity index (χ0n) is 6.34. The third-order valence-electron chi connectivity index (χ3n) is 0. The van der Waals surface area contributed by atoms with Crippen molar-refractivity contribution in [1.29, 1.82) is 0 Å². The van der Waals surface area contributed by atoms with Gasteiger partial charge in [0, 0.05) is 0 Å². The van der Waals surface area contributed by atoms with Crippen LogP contribution < -0.4 is 37.3 Å². The van der Waals surface area contributed by atoms with E-state index in [2.05, 4.69) is 0 Å². The average molecular weight is 377 g/mol. The molecule has 104 valence electrons. The molecule has 0 aliphatic carbocycles. The molecule has 0 aliphatic rings. The Morgan fingerprint density at radius 2 is 0.400 bits per heavy atom. The molecule has 0 saturated heterocycles. The first-order chi connectivity index (χ1) is 4.00. The molecule has 0 spiro atoms. The smallest absolute Gasteiger partial charge is 0.412 e. The minimum Gasteiger partial charge on any atom is -0.412 e. The third kappa shape index (κ3) is 4140. The molecule has 15 heteroatoms. The summed E-state index contributed by atoms with van der Waals surface area (Å²) >= 11 is 0.